The third-order valence-corrected chi connectivity index (χ3v) is 3.83. The van der Waals surface area contributed by atoms with Crippen LogP contribution in [-0.4, -0.2) is 6.54 Å². The van der Waals surface area contributed by atoms with Gasteiger partial charge in [-0.3, -0.25) is 0 Å². The number of rotatable bonds is 2. The van der Waals surface area contributed by atoms with E-state index in [2.05, 4.69) is 0 Å². The average molecular weight is 239 g/mol. The van der Waals surface area contributed by atoms with E-state index in [1.807, 2.05) is 0 Å². The van der Waals surface area contributed by atoms with Crippen LogP contribution in [0.5, 0.6) is 0 Å². The summed E-state index contributed by atoms with van der Waals surface area (Å²) < 4.78 is 27.6. The second-order valence-electron chi connectivity index (χ2n) is 4.88. The maximum absolute atomic E-state index is 13.8. The van der Waals surface area contributed by atoms with E-state index < -0.39 is 11.6 Å². The van der Waals surface area contributed by atoms with Gasteiger partial charge in [-0.2, -0.15) is 0 Å². The lowest BCUT2D eigenvalue weighted by molar-refractivity contribution is 0.382. The van der Waals surface area contributed by atoms with E-state index in [0.29, 0.717) is 6.54 Å². The molecule has 0 amide bonds. The standard InChI is InChI=1S/C14H19F2N/c15-12-7-4-8-13(16)14(12)11-6-3-1-2-5-10(11)9-17/h4,7-8,10-11H,1-3,5-6,9,17H2. The minimum absolute atomic E-state index is 0.0521. The van der Waals surface area contributed by atoms with Crippen LogP contribution in [0.1, 0.15) is 43.6 Å². The quantitative estimate of drug-likeness (QED) is 0.784. The van der Waals surface area contributed by atoms with Crippen LogP contribution in [0.25, 0.3) is 0 Å². The Morgan fingerprint density at radius 2 is 1.71 bits per heavy atom. The summed E-state index contributed by atoms with van der Waals surface area (Å²) >= 11 is 0. The topological polar surface area (TPSA) is 26.0 Å². The second-order valence-corrected chi connectivity index (χ2v) is 4.88. The van der Waals surface area contributed by atoms with Crippen LogP contribution in [0.2, 0.25) is 0 Å². The van der Waals surface area contributed by atoms with Crippen molar-refractivity contribution in [1.29, 1.82) is 0 Å². The molecule has 1 nitrogen and oxygen atoms in total. The smallest absolute Gasteiger partial charge is 0.129 e. The third-order valence-electron chi connectivity index (χ3n) is 3.83. The van der Waals surface area contributed by atoms with Crippen LogP contribution in [0.15, 0.2) is 18.2 Å². The van der Waals surface area contributed by atoms with Gasteiger partial charge in [0.05, 0.1) is 0 Å². The maximum atomic E-state index is 13.8. The molecule has 0 aliphatic heterocycles. The van der Waals surface area contributed by atoms with Crippen molar-refractivity contribution in [3.63, 3.8) is 0 Å². The van der Waals surface area contributed by atoms with Crippen molar-refractivity contribution in [1.82, 2.24) is 0 Å². The van der Waals surface area contributed by atoms with E-state index >= 15 is 0 Å². The second kappa shape index (κ2) is 5.58. The molecule has 3 heteroatoms. The zero-order chi connectivity index (χ0) is 12.3. The molecular formula is C14H19F2N. The summed E-state index contributed by atoms with van der Waals surface area (Å²) in [6, 6.07) is 4.11. The molecule has 0 aromatic heterocycles. The third kappa shape index (κ3) is 2.65. The molecule has 17 heavy (non-hydrogen) atoms. The van der Waals surface area contributed by atoms with Crippen molar-refractivity contribution in [3.8, 4) is 0 Å². The SMILES string of the molecule is NCC1CCCCCC1c1c(F)cccc1F. The van der Waals surface area contributed by atoms with Gasteiger partial charge < -0.3 is 5.73 Å². The van der Waals surface area contributed by atoms with Crippen molar-refractivity contribution in [2.45, 2.75) is 38.0 Å². The van der Waals surface area contributed by atoms with Crippen LogP contribution in [0.3, 0.4) is 0 Å². The summed E-state index contributed by atoms with van der Waals surface area (Å²) in [6.07, 6.45) is 5.13. The van der Waals surface area contributed by atoms with Gasteiger partial charge in [0, 0.05) is 5.56 Å². The van der Waals surface area contributed by atoms with Crippen LogP contribution in [0.4, 0.5) is 8.78 Å². The first-order chi connectivity index (χ1) is 8.24. The molecule has 1 aliphatic rings. The number of benzene rings is 1. The highest BCUT2D eigenvalue weighted by molar-refractivity contribution is 5.25. The Bertz CT molecular complexity index is 358. The monoisotopic (exact) mass is 239 g/mol. The molecule has 0 bridgehead atoms. The molecule has 94 valence electrons. The normalized spacial score (nSPS) is 25.6. The summed E-state index contributed by atoms with van der Waals surface area (Å²) in [7, 11) is 0. The van der Waals surface area contributed by atoms with E-state index in [-0.39, 0.29) is 17.4 Å². The van der Waals surface area contributed by atoms with E-state index in [4.69, 9.17) is 5.73 Å². The molecular weight excluding hydrogens is 220 g/mol. The van der Waals surface area contributed by atoms with Crippen molar-refractivity contribution in [2.24, 2.45) is 11.7 Å². The number of halogens is 2. The van der Waals surface area contributed by atoms with Gasteiger partial charge in [-0.1, -0.05) is 25.3 Å². The molecule has 0 radical (unpaired) electrons. The molecule has 0 spiro atoms. The molecule has 1 aromatic carbocycles. The average Bonchev–Trinajstić information content (AvgIpc) is 2.54. The lowest BCUT2D eigenvalue weighted by atomic mass is 9.82. The van der Waals surface area contributed by atoms with Gasteiger partial charge in [0.2, 0.25) is 0 Å². The van der Waals surface area contributed by atoms with Gasteiger partial charge in [-0.15, -0.1) is 0 Å². The lowest BCUT2D eigenvalue weighted by Gasteiger charge is -2.25. The minimum atomic E-state index is -0.421. The fourth-order valence-electron chi connectivity index (χ4n) is 2.91. The predicted octanol–water partition coefficient (Wildman–Crippen LogP) is 3.59. The molecule has 2 atom stereocenters. The van der Waals surface area contributed by atoms with Gasteiger partial charge >= 0.3 is 0 Å². The van der Waals surface area contributed by atoms with Gasteiger partial charge in [-0.25, -0.2) is 8.78 Å². The zero-order valence-corrected chi connectivity index (χ0v) is 9.96. The zero-order valence-electron chi connectivity index (χ0n) is 9.96. The first-order valence-corrected chi connectivity index (χ1v) is 6.38. The molecule has 1 aliphatic carbocycles. The molecule has 2 unspecified atom stereocenters. The molecule has 1 fully saturated rings. The van der Waals surface area contributed by atoms with Crippen molar-refractivity contribution >= 4 is 0 Å². The van der Waals surface area contributed by atoms with Crippen LogP contribution < -0.4 is 5.73 Å². The fraction of sp³-hybridized carbons (Fsp3) is 0.571. The summed E-state index contributed by atoms with van der Waals surface area (Å²) in [6.45, 7) is 0.512. The predicted molar refractivity (Wildman–Crippen MR) is 64.7 cm³/mol. The maximum Gasteiger partial charge on any atom is 0.129 e. The largest absolute Gasteiger partial charge is 0.330 e. The summed E-state index contributed by atoms with van der Waals surface area (Å²) in [5.74, 6) is -0.682. The van der Waals surface area contributed by atoms with Crippen LogP contribution >= 0.6 is 0 Å². The lowest BCUT2D eigenvalue weighted by Crippen LogP contribution is -2.22. The Labute approximate surface area is 101 Å². The fourth-order valence-corrected chi connectivity index (χ4v) is 2.91. The highest BCUT2D eigenvalue weighted by Gasteiger charge is 2.28. The van der Waals surface area contributed by atoms with Gasteiger partial charge in [0.25, 0.3) is 0 Å². The molecule has 1 aromatic rings. The Morgan fingerprint density at radius 3 is 2.35 bits per heavy atom. The Kier molecular flexibility index (Phi) is 4.11. The van der Waals surface area contributed by atoms with E-state index in [1.165, 1.54) is 18.2 Å². The number of hydrogen-bond donors (Lipinski definition) is 1. The molecule has 1 saturated carbocycles. The first-order valence-electron chi connectivity index (χ1n) is 6.38. The first kappa shape index (κ1) is 12.5. The van der Waals surface area contributed by atoms with E-state index in [0.717, 1.165) is 32.1 Å². The van der Waals surface area contributed by atoms with E-state index in [1.54, 1.807) is 0 Å². The van der Waals surface area contributed by atoms with Crippen molar-refractivity contribution in [3.05, 3.63) is 35.4 Å². The Hall–Kier alpha value is -0.960. The highest BCUT2D eigenvalue weighted by Crippen LogP contribution is 2.38. The van der Waals surface area contributed by atoms with Gasteiger partial charge in [-0.05, 0) is 43.4 Å². The minimum Gasteiger partial charge on any atom is -0.330 e. The summed E-state index contributed by atoms with van der Waals surface area (Å²) in [5.41, 5.74) is 6.01. The Balaban J connectivity index is 2.34. The van der Waals surface area contributed by atoms with E-state index in [9.17, 15) is 8.78 Å². The highest BCUT2D eigenvalue weighted by atomic mass is 19.1. The van der Waals surface area contributed by atoms with Crippen molar-refractivity contribution < 1.29 is 8.78 Å². The molecule has 2 rings (SSSR count). The summed E-state index contributed by atoms with van der Waals surface area (Å²) in [5, 5.41) is 0. The number of nitrogens with two attached hydrogens (primary N) is 1. The molecule has 0 heterocycles. The summed E-state index contributed by atoms with van der Waals surface area (Å²) in [4.78, 5) is 0. The van der Waals surface area contributed by atoms with Gasteiger partial charge in [0.15, 0.2) is 0 Å². The van der Waals surface area contributed by atoms with Crippen LogP contribution in [0, 0.1) is 17.6 Å². The Morgan fingerprint density at radius 1 is 1.06 bits per heavy atom. The molecule has 2 N–H and O–H groups in total. The molecule has 0 saturated heterocycles. The van der Waals surface area contributed by atoms with Gasteiger partial charge in [0.1, 0.15) is 11.6 Å². The number of hydrogen-bond acceptors (Lipinski definition) is 1. The van der Waals surface area contributed by atoms with Crippen LogP contribution in [-0.2, 0) is 0 Å². The van der Waals surface area contributed by atoms with Crippen molar-refractivity contribution in [2.75, 3.05) is 6.54 Å².